The van der Waals surface area contributed by atoms with Crippen molar-refractivity contribution < 1.29 is 14.3 Å². The van der Waals surface area contributed by atoms with Crippen molar-refractivity contribution in [2.24, 2.45) is 12.5 Å². The predicted octanol–water partition coefficient (Wildman–Crippen LogP) is 2.07. The molecule has 0 radical (unpaired) electrons. The highest BCUT2D eigenvalue weighted by Crippen LogP contribution is 2.50. The molecule has 5 heteroatoms. The summed E-state index contributed by atoms with van der Waals surface area (Å²) in [6.45, 7) is 3.02. The van der Waals surface area contributed by atoms with E-state index in [9.17, 15) is 4.79 Å². The number of amides is 1. The lowest BCUT2D eigenvalue weighted by Crippen LogP contribution is -2.54. The molecule has 2 aliphatic rings. The summed E-state index contributed by atoms with van der Waals surface area (Å²) >= 11 is 0. The van der Waals surface area contributed by atoms with E-state index in [1.165, 1.54) is 6.42 Å². The van der Waals surface area contributed by atoms with Crippen molar-refractivity contribution in [1.29, 1.82) is 0 Å². The highest BCUT2D eigenvalue weighted by Gasteiger charge is 2.49. The van der Waals surface area contributed by atoms with Gasteiger partial charge in [-0.3, -0.25) is 4.79 Å². The predicted molar refractivity (Wildman–Crippen MR) is 83.8 cm³/mol. The quantitative estimate of drug-likeness (QED) is 0.782. The number of aryl methyl sites for hydroxylation is 1. The summed E-state index contributed by atoms with van der Waals surface area (Å²) in [6.07, 6.45) is 6.77. The second-order valence-electron chi connectivity index (χ2n) is 6.55. The number of piperidine rings is 1. The molecule has 1 amide bonds. The Labute approximate surface area is 132 Å². The first-order valence-corrected chi connectivity index (χ1v) is 8.17. The van der Waals surface area contributed by atoms with Gasteiger partial charge in [-0.15, -0.1) is 0 Å². The van der Waals surface area contributed by atoms with Gasteiger partial charge in [-0.1, -0.05) is 0 Å². The number of rotatable bonds is 5. The minimum Gasteiger partial charge on any atom is -0.382 e. The Bertz CT molecular complexity index is 518. The van der Waals surface area contributed by atoms with E-state index >= 15 is 0 Å². The first-order valence-electron chi connectivity index (χ1n) is 8.17. The number of methoxy groups -OCH3 is 1. The van der Waals surface area contributed by atoms with Gasteiger partial charge in [-0.05, 0) is 37.8 Å². The minimum atomic E-state index is 0.151. The molecule has 1 aliphatic heterocycles. The van der Waals surface area contributed by atoms with Gasteiger partial charge < -0.3 is 18.9 Å². The Morgan fingerprint density at radius 2 is 2.09 bits per heavy atom. The molecule has 0 N–H and O–H groups in total. The van der Waals surface area contributed by atoms with Crippen LogP contribution in [0.4, 0.5) is 0 Å². The normalized spacial score (nSPS) is 23.5. The molecule has 122 valence electrons. The monoisotopic (exact) mass is 306 g/mol. The maximum absolute atomic E-state index is 12.5. The van der Waals surface area contributed by atoms with Gasteiger partial charge in [0.15, 0.2) is 0 Å². The number of hydrogen-bond donors (Lipinski definition) is 0. The summed E-state index contributed by atoms with van der Waals surface area (Å²) in [5, 5.41) is 0. The van der Waals surface area contributed by atoms with E-state index in [4.69, 9.17) is 9.47 Å². The Morgan fingerprint density at radius 3 is 2.64 bits per heavy atom. The Balaban J connectivity index is 1.54. The molecule has 1 spiro atoms. The third-order valence-corrected chi connectivity index (χ3v) is 5.40. The summed E-state index contributed by atoms with van der Waals surface area (Å²) in [5.74, 6) is 0.151. The smallest absolute Gasteiger partial charge is 0.270 e. The molecule has 2 heterocycles. The molecule has 2 fully saturated rings. The molecule has 1 aromatic rings. The number of likely N-dealkylation sites (tertiary alicyclic amines) is 1. The molecule has 5 nitrogen and oxygen atoms in total. The van der Waals surface area contributed by atoms with Gasteiger partial charge in [0.25, 0.3) is 5.91 Å². The number of nitrogens with zero attached hydrogens (tertiary/aromatic N) is 2. The zero-order valence-corrected chi connectivity index (χ0v) is 13.6. The molecule has 1 aliphatic carbocycles. The average Bonchev–Trinajstić information content (AvgIpc) is 2.96. The van der Waals surface area contributed by atoms with Crippen molar-refractivity contribution >= 4 is 5.91 Å². The van der Waals surface area contributed by atoms with Crippen molar-refractivity contribution in [3.8, 4) is 0 Å². The van der Waals surface area contributed by atoms with Crippen LogP contribution in [-0.4, -0.2) is 54.9 Å². The summed E-state index contributed by atoms with van der Waals surface area (Å²) < 4.78 is 12.9. The van der Waals surface area contributed by atoms with Crippen LogP contribution in [0.3, 0.4) is 0 Å². The number of carbonyl (C=O) groups excluding carboxylic acids is 1. The number of ether oxygens (including phenoxy) is 2. The second kappa shape index (κ2) is 6.42. The van der Waals surface area contributed by atoms with Crippen molar-refractivity contribution in [1.82, 2.24) is 9.47 Å². The van der Waals surface area contributed by atoms with Gasteiger partial charge in [0.2, 0.25) is 0 Å². The number of hydrogen-bond acceptors (Lipinski definition) is 3. The first-order chi connectivity index (χ1) is 10.7. The van der Waals surface area contributed by atoms with Crippen LogP contribution in [0.25, 0.3) is 0 Å². The third-order valence-electron chi connectivity index (χ3n) is 5.40. The largest absolute Gasteiger partial charge is 0.382 e. The zero-order chi connectivity index (χ0) is 15.6. The van der Waals surface area contributed by atoms with Gasteiger partial charge in [-0.25, -0.2) is 0 Å². The van der Waals surface area contributed by atoms with E-state index in [1.807, 2.05) is 34.8 Å². The SMILES string of the molecule is COCCOC1CCC12CCN(C(=O)c1cccn1C)CC2. The summed E-state index contributed by atoms with van der Waals surface area (Å²) in [4.78, 5) is 14.5. The Hall–Kier alpha value is -1.33. The summed E-state index contributed by atoms with van der Waals surface area (Å²) in [7, 11) is 3.62. The molecule has 0 bridgehead atoms. The van der Waals surface area contributed by atoms with Crippen LogP contribution in [0.5, 0.6) is 0 Å². The van der Waals surface area contributed by atoms with Gasteiger partial charge in [0, 0.05) is 38.9 Å². The molecule has 22 heavy (non-hydrogen) atoms. The third kappa shape index (κ3) is 2.79. The van der Waals surface area contributed by atoms with Crippen LogP contribution in [0.2, 0.25) is 0 Å². The number of carbonyl (C=O) groups is 1. The van der Waals surface area contributed by atoms with Crippen molar-refractivity contribution in [3.63, 3.8) is 0 Å². The second-order valence-corrected chi connectivity index (χ2v) is 6.55. The lowest BCUT2D eigenvalue weighted by Gasteiger charge is -2.53. The van der Waals surface area contributed by atoms with E-state index < -0.39 is 0 Å². The summed E-state index contributed by atoms with van der Waals surface area (Å²) in [6, 6.07) is 3.82. The van der Waals surface area contributed by atoms with Crippen LogP contribution >= 0.6 is 0 Å². The fourth-order valence-electron chi connectivity index (χ4n) is 3.78. The fourth-order valence-corrected chi connectivity index (χ4v) is 3.78. The lowest BCUT2D eigenvalue weighted by atomic mass is 9.60. The Kier molecular flexibility index (Phi) is 4.54. The van der Waals surface area contributed by atoms with Crippen LogP contribution < -0.4 is 0 Å². The van der Waals surface area contributed by atoms with Crippen molar-refractivity contribution in [2.45, 2.75) is 31.8 Å². The fraction of sp³-hybridized carbons (Fsp3) is 0.706. The van der Waals surface area contributed by atoms with E-state index in [2.05, 4.69) is 0 Å². The van der Waals surface area contributed by atoms with Gasteiger partial charge in [0.05, 0.1) is 19.3 Å². The van der Waals surface area contributed by atoms with E-state index in [-0.39, 0.29) is 5.91 Å². The highest BCUT2D eigenvalue weighted by molar-refractivity contribution is 5.92. The van der Waals surface area contributed by atoms with Crippen LogP contribution in [0, 0.1) is 5.41 Å². The first kappa shape index (κ1) is 15.6. The van der Waals surface area contributed by atoms with Crippen LogP contribution in [0.15, 0.2) is 18.3 Å². The lowest BCUT2D eigenvalue weighted by molar-refractivity contribution is -0.139. The highest BCUT2D eigenvalue weighted by atomic mass is 16.5. The van der Waals surface area contributed by atoms with Gasteiger partial charge in [0.1, 0.15) is 5.69 Å². The number of aromatic nitrogens is 1. The molecule has 1 saturated heterocycles. The van der Waals surface area contributed by atoms with Crippen molar-refractivity contribution in [3.05, 3.63) is 24.0 Å². The molecule has 1 saturated carbocycles. The molecule has 1 atom stereocenters. The zero-order valence-electron chi connectivity index (χ0n) is 13.6. The van der Waals surface area contributed by atoms with E-state index in [1.54, 1.807) is 7.11 Å². The molecule has 3 rings (SSSR count). The topological polar surface area (TPSA) is 43.7 Å². The molecule has 1 unspecified atom stereocenters. The average molecular weight is 306 g/mol. The van der Waals surface area contributed by atoms with Crippen LogP contribution in [0.1, 0.15) is 36.2 Å². The van der Waals surface area contributed by atoms with Gasteiger partial charge >= 0.3 is 0 Å². The molecular formula is C17H26N2O3. The molecule has 0 aromatic carbocycles. The maximum Gasteiger partial charge on any atom is 0.270 e. The van der Waals surface area contributed by atoms with Gasteiger partial charge in [-0.2, -0.15) is 0 Å². The van der Waals surface area contributed by atoms with E-state index in [0.717, 1.165) is 38.0 Å². The Morgan fingerprint density at radius 1 is 1.32 bits per heavy atom. The standard InChI is InChI=1S/C17H26N2O3/c1-18-9-3-4-14(18)16(20)19-10-7-17(8-11-19)6-5-15(17)22-13-12-21-2/h3-4,9,15H,5-8,10-13H2,1-2H3. The molecular weight excluding hydrogens is 280 g/mol. The summed E-state index contributed by atoms with van der Waals surface area (Å²) in [5.41, 5.74) is 1.08. The van der Waals surface area contributed by atoms with E-state index in [0.29, 0.717) is 24.7 Å². The van der Waals surface area contributed by atoms with Crippen molar-refractivity contribution in [2.75, 3.05) is 33.4 Å². The molecule has 1 aromatic heterocycles. The van der Waals surface area contributed by atoms with Crippen LogP contribution in [-0.2, 0) is 16.5 Å². The maximum atomic E-state index is 12.5. The minimum absolute atomic E-state index is 0.151.